The lowest BCUT2D eigenvalue weighted by Crippen LogP contribution is -2.24. The zero-order valence-electron chi connectivity index (χ0n) is 8.06. The van der Waals surface area contributed by atoms with Crippen LogP contribution in [0.2, 0.25) is 0 Å². The van der Waals surface area contributed by atoms with Crippen LogP contribution in [0.25, 0.3) is 0 Å². The molecule has 5 heteroatoms. The van der Waals surface area contributed by atoms with Gasteiger partial charge in [-0.05, 0) is 12.5 Å². The molecule has 1 aliphatic rings. The normalized spacial score (nSPS) is 23.8. The van der Waals surface area contributed by atoms with E-state index in [2.05, 4.69) is 15.9 Å². The first-order chi connectivity index (χ1) is 7.06. The van der Waals surface area contributed by atoms with Crippen molar-refractivity contribution in [3.8, 4) is 5.75 Å². The van der Waals surface area contributed by atoms with E-state index in [0.29, 0.717) is 16.5 Å². The summed E-state index contributed by atoms with van der Waals surface area (Å²) in [7, 11) is 0. The third-order valence-electron chi connectivity index (χ3n) is 2.57. The van der Waals surface area contributed by atoms with Crippen molar-refractivity contribution >= 4 is 15.9 Å². The monoisotopic (exact) mass is 277 g/mol. The topological polar surface area (TPSA) is 35.2 Å². The minimum atomic E-state index is -0.959. The van der Waals surface area contributed by atoms with E-state index in [-0.39, 0.29) is 11.9 Å². The van der Waals surface area contributed by atoms with Crippen LogP contribution in [0.1, 0.15) is 24.9 Å². The highest BCUT2D eigenvalue weighted by Crippen LogP contribution is 2.43. The third kappa shape index (κ3) is 1.54. The van der Waals surface area contributed by atoms with Crippen LogP contribution in [0, 0.1) is 11.6 Å². The van der Waals surface area contributed by atoms with Gasteiger partial charge in [0, 0.05) is 10.0 Å². The molecule has 2 atom stereocenters. The van der Waals surface area contributed by atoms with E-state index in [4.69, 9.17) is 10.5 Å². The Kier molecular flexibility index (Phi) is 2.68. The fourth-order valence-electron chi connectivity index (χ4n) is 1.76. The maximum atomic E-state index is 13.4. The van der Waals surface area contributed by atoms with Gasteiger partial charge in [0.15, 0.2) is 11.6 Å². The lowest BCUT2D eigenvalue weighted by atomic mass is 10.0. The first-order valence-electron chi connectivity index (χ1n) is 4.65. The van der Waals surface area contributed by atoms with Crippen molar-refractivity contribution in [2.24, 2.45) is 5.73 Å². The fourth-order valence-corrected chi connectivity index (χ4v) is 2.41. The summed E-state index contributed by atoms with van der Waals surface area (Å²) in [4.78, 5) is 0. The van der Waals surface area contributed by atoms with Gasteiger partial charge in [0.1, 0.15) is 6.10 Å². The Morgan fingerprint density at radius 1 is 1.53 bits per heavy atom. The van der Waals surface area contributed by atoms with Crippen molar-refractivity contribution in [1.82, 2.24) is 0 Å². The molecule has 0 bridgehead atoms. The standard InChI is InChI=1S/C10H10BrF2NO/c1-2-6-9(14)7-4(11)3-5(12)8(13)10(7)15-6/h3,6,9H,2,14H2,1H3. The van der Waals surface area contributed by atoms with Gasteiger partial charge in [-0.15, -0.1) is 0 Å². The molecule has 0 aliphatic carbocycles. The van der Waals surface area contributed by atoms with Gasteiger partial charge in [-0.2, -0.15) is 4.39 Å². The van der Waals surface area contributed by atoms with Gasteiger partial charge >= 0.3 is 0 Å². The Bertz CT molecular complexity index is 411. The molecule has 2 rings (SSSR count). The van der Waals surface area contributed by atoms with E-state index in [9.17, 15) is 8.78 Å². The highest BCUT2D eigenvalue weighted by Gasteiger charge is 2.35. The quantitative estimate of drug-likeness (QED) is 0.802. The van der Waals surface area contributed by atoms with Crippen molar-refractivity contribution in [3.05, 3.63) is 27.7 Å². The van der Waals surface area contributed by atoms with Crippen molar-refractivity contribution in [2.75, 3.05) is 0 Å². The molecule has 0 radical (unpaired) electrons. The van der Waals surface area contributed by atoms with Crippen molar-refractivity contribution in [3.63, 3.8) is 0 Å². The van der Waals surface area contributed by atoms with Crippen LogP contribution in [0.15, 0.2) is 10.5 Å². The van der Waals surface area contributed by atoms with Crippen LogP contribution in [0.3, 0.4) is 0 Å². The summed E-state index contributed by atoms with van der Waals surface area (Å²) < 4.78 is 32.2. The fraction of sp³-hybridized carbons (Fsp3) is 0.400. The minimum absolute atomic E-state index is 0.0544. The molecule has 2 nitrogen and oxygen atoms in total. The average molecular weight is 278 g/mol. The van der Waals surface area contributed by atoms with E-state index in [1.54, 1.807) is 0 Å². The number of halogens is 3. The summed E-state index contributed by atoms with van der Waals surface area (Å²) in [5.41, 5.74) is 6.39. The Balaban J connectivity index is 2.58. The molecule has 0 saturated carbocycles. The lowest BCUT2D eigenvalue weighted by molar-refractivity contribution is 0.194. The molecular formula is C10H10BrF2NO. The second kappa shape index (κ2) is 3.72. The van der Waals surface area contributed by atoms with E-state index < -0.39 is 17.7 Å². The number of nitrogens with two attached hydrogens (primary N) is 1. The largest absolute Gasteiger partial charge is 0.485 e. The van der Waals surface area contributed by atoms with E-state index in [0.717, 1.165) is 6.07 Å². The molecule has 0 saturated heterocycles. The van der Waals surface area contributed by atoms with Crippen LogP contribution in [-0.2, 0) is 0 Å². The lowest BCUT2D eigenvalue weighted by Gasteiger charge is -2.12. The first-order valence-corrected chi connectivity index (χ1v) is 5.45. The summed E-state index contributed by atoms with van der Waals surface area (Å²) in [5.74, 6) is -1.94. The van der Waals surface area contributed by atoms with Crippen molar-refractivity contribution in [1.29, 1.82) is 0 Å². The van der Waals surface area contributed by atoms with E-state index in [1.807, 2.05) is 6.92 Å². The molecule has 1 aromatic carbocycles. The minimum Gasteiger partial charge on any atom is -0.485 e. The molecule has 2 unspecified atom stereocenters. The number of ether oxygens (including phenoxy) is 1. The molecule has 1 aliphatic heterocycles. The molecule has 82 valence electrons. The van der Waals surface area contributed by atoms with Crippen molar-refractivity contribution in [2.45, 2.75) is 25.5 Å². The second-order valence-electron chi connectivity index (χ2n) is 3.49. The maximum Gasteiger partial charge on any atom is 0.201 e. The number of fused-ring (bicyclic) bond motifs is 1. The molecule has 0 amide bonds. The summed E-state index contributed by atoms with van der Waals surface area (Å²) in [6.07, 6.45) is 0.371. The van der Waals surface area contributed by atoms with Gasteiger partial charge in [0.2, 0.25) is 5.82 Å². The molecular weight excluding hydrogens is 268 g/mol. The Morgan fingerprint density at radius 2 is 2.20 bits per heavy atom. The van der Waals surface area contributed by atoms with Crippen LogP contribution in [0.4, 0.5) is 8.78 Å². The molecule has 0 aromatic heterocycles. The van der Waals surface area contributed by atoms with E-state index >= 15 is 0 Å². The predicted molar refractivity (Wildman–Crippen MR) is 55.7 cm³/mol. The Hall–Kier alpha value is -0.680. The highest BCUT2D eigenvalue weighted by molar-refractivity contribution is 9.10. The van der Waals surface area contributed by atoms with Gasteiger partial charge in [-0.1, -0.05) is 22.9 Å². The molecule has 0 spiro atoms. The SMILES string of the molecule is CCC1Oc2c(F)c(F)cc(Br)c2C1N. The molecule has 0 fully saturated rings. The van der Waals surface area contributed by atoms with Crippen molar-refractivity contribution < 1.29 is 13.5 Å². The number of benzene rings is 1. The summed E-state index contributed by atoms with van der Waals surface area (Å²) >= 11 is 3.16. The average Bonchev–Trinajstić information content (AvgIpc) is 2.53. The second-order valence-corrected chi connectivity index (χ2v) is 4.34. The van der Waals surface area contributed by atoms with Crippen LogP contribution in [0.5, 0.6) is 5.75 Å². The molecule has 2 N–H and O–H groups in total. The van der Waals surface area contributed by atoms with Gasteiger partial charge in [-0.25, -0.2) is 4.39 Å². The highest BCUT2D eigenvalue weighted by atomic mass is 79.9. The third-order valence-corrected chi connectivity index (χ3v) is 3.23. The van der Waals surface area contributed by atoms with Crippen LogP contribution >= 0.6 is 15.9 Å². The number of hydrogen-bond acceptors (Lipinski definition) is 2. The Labute approximate surface area is 94.5 Å². The van der Waals surface area contributed by atoms with E-state index in [1.165, 1.54) is 0 Å². The number of hydrogen-bond donors (Lipinski definition) is 1. The molecule has 1 heterocycles. The van der Waals surface area contributed by atoms with Gasteiger partial charge in [0.25, 0.3) is 0 Å². The van der Waals surface area contributed by atoms with Crippen LogP contribution < -0.4 is 10.5 Å². The molecule has 15 heavy (non-hydrogen) atoms. The predicted octanol–water partition coefficient (Wildman–Crippen LogP) is 2.90. The maximum absolute atomic E-state index is 13.4. The van der Waals surface area contributed by atoms with Crippen LogP contribution in [-0.4, -0.2) is 6.10 Å². The zero-order chi connectivity index (χ0) is 11.2. The zero-order valence-corrected chi connectivity index (χ0v) is 9.64. The first kappa shape index (κ1) is 10.8. The smallest absolute Gasteiger partial charge is 0.201 e. The summed E-state index contributed by atoms with van der Waals surface area (Å²) in [5, 5.41) is 0. The summed E-state index contributed by atoms with van der Waals surface area (Å²) in [6, 6.07) is 0.671. The number of rotatable bonds is 1. The summed E-state index contributed by atoms with van der Waals surface area (Å²) in [6.45, 7) is 1.89. The van der Waals surface area contributed by atoms with Gasteiger partial charge in [-0.3, -0.25) is 0 Å². The molecule has 1 aromatic rings. The van der Waals surface area contributed by atoms with Gasteiger partial charge in [0.05, 0.1) is 6.04 Å². The van der Waals surface area contributed by atoms with Gasteiger partial charge < -0.3 is 10.5 Å². The Morgan fingerprint density at radius 3 is 2.80 bits per heavy atom.